The summed E-state index contributed by atoms with van der Waals surface area (Å²) >= 11 is 12.0. The number of benzene rings is 1. The lowest BCUT2D eigenvalue weighted by molar-refractivity contribution is -0.137. The van der Waals surface area contributed by atoms with Gasteiger partial charge in [0.05, 0.1) is 28.9 Å². The quantitative estimate of drug-likeness (QED) is 0.779. The summed E-state index contributed by atoms with van der Waals surface area (Å²) in [6, 6.07) is 1.39. The van der Waals surface area contributed by atoms with Crippen molar-refractivity contribution < 1.29 is 27.5 Å². The van der Waals surface area contributed by atoms with Crippen molar-refractivity contribution in [2.75, 3.05) is 23.9 Å². The highest BCUT2D eigenvalue weighted by atomic mass is 35.5. The molecule has 7 nitrogen and oxygen atoms in total. The molecule has 3 rings (SSSR count). The Hall–Kier alpha value is -2.46. The van der Waals surface area contributed by atoms with Gasteiger partial charge in [0.1, 0.15) is 17.9 Å². The largest absolute Gasteiger partial charge is 0.452 e. The Morgan fingerprint density at radius 1 is 1.31 bits per heavy atom. The minimum atomic E-state index is -4.64. The number of alkyl halides is 3. The fraction of sp³-hybridized carbons (Fsp3) is 0.214. The maximum Gasteiger partial charge on any atom is 0.416 e. The number of hydrogen-bond acceptors (Lipinski definition) is 4. The zero-order valence-electron chi connectivity index (χ0n) is 12.9. The van der Waals surface area contributed by atoms with E-state index in [0.717, 1.165) is 16.7 Å². The summed E-state index contributed by atoms with van der Waals surface area (Å²) in [5.41, 5.74) is -0.957. The Morgan fingerprint density at radius 2 is 1.92 bits per heavy atom. The molecule has 2 amide bonds. The van der Waals surface area contributed by atoms with Gasteiger partial charge < -0.3 is 10.1 Å². The third-order valence-electron chi connectivity index (χ3n) is 3.53. The first-order chi connectivity index (χ1) is 12.1. The number of rotatable bonds is 1. The van der Waals surface area contributed by atoms with Crippen molar-refractivity contribution in [2.45, 2.75) is 6.18 Å². The molecule has 0 bridgehead atoms. The van der Waals surface area contributed by atoms with Gasteiger partial charge in [0.25, 0.3) is 0 Å². The van der Waals surface area contributed by atoms with Crippen LogP contribution in [0.2, 0.25) is 10.0 Å². The predicted octanol–water partition coefficient (Wildman–Crippen LogP) is 3.72. The van der Waals surface area contributed by atoms with Gasteiger partial charge in [-0.3, -0.25) is 9.69 Å². The van der Waals surface area contributed by atoms with Crippen molar-refractivity contribution >= 4 is 46.7 Å². The molecular weight excluding hydrogens is 400 g/mol. The molecule has 0 saturated heterocycles. The maximum atomic E-state index is 12.9. The first-order valence-corrected chi connectivity index (χ1v) is 7.69. The number of amides is 2. The molecule has 1 aromatic carbocycles. The van der Waals surface area contributed by atoms with E-state index in [1.807, 2.05) is 0 Å². The fourth-order valence-electron chi connectivity index (χ4n) is 2.45. The SMILES string of the molecule is COC(=O)N1CC(=O)Nc2cnn(-c3c(Cl)cc(C(F)(F)F)cc3Cl)c21. The second-order valence-electron chi connectivity index (χ2n) is 5.18. The van der Waals surface area contributed by atoms with Crippen LogP contribution >= 0.6 is 23.2 Å². The van der Waals surface area contributed by atoms with Crippen LogP contribution in [0.3, 0.4) is 0 Å². The highest BCUT2D eigenvalue weighted by Crippen LogP contribution is 2.40. The summed E-state index contributed by atoms with van der Waals surface area (Å²) in [6.45, 7) is -0.374. The molecule has 2 heterocycles. The maximum absolute atomic E-state index is 12.9. The molecule has 2 aromatic rings. The van der Waals surface area contributed by atoms with Crippen LogP contribution in [0, 0.1) is 0 Å². The van der Waals surface area contributed by atoms with E-state index in [2.05, 4.69) is 15.2 Å². The third kappa shape index (κ3) is 3.06. The molecule has 1 N–H and O–H groups in total. The molecule has 0 atom stereocenters. The van der Waals surface area contributed by atoms with Crippen molar-refractivity contribution in [3.05, 3.63) is 33.9 Å². The number of nitrogens with zero attached hydrogens (tertiary/aromatic N) is 3. The Morgan fingerprint density at radius 3 is 2.46 bits per heavy atom. The molecule has 1 aliphatic heterocycles. The standard InChI is InChI=1S/C14H9Cl2F3N4O3/c1-26-13(25)22-5-10(24)21-9-4-20-23(12(9)22)11-7(15)2-6(3-8(11)16)14(17,18)19/h2-4H,5H2,1H3,(H,21,24). The van der Waals surface area contributed by atoms with Gasteiger partial charge in [0.2, 0.25) is 5.91 Å². The van der Waals surface area contributed by atoms with E-state index in [0.29, 0.717) is 12.1 Å². The van der Waals surface area contributed by atoms with Gasteiger partial charge in [-0.05, 0) is 12.1 Å². The minimum Gasteiger partial charge on any atom is -0.452 e. The van der Waals surface area contributed by atoms with E-state index in [1.165, 1.54) is 6.20 Å². The third-order valence-corrected chi connectivity index (χ3v) is 4.10. The number of halogens is 5. The molecule has 0 unspecified atom stereocenters. The van der Waals surface area contributed by atoms with Gasteiger partial charge in [-0.1, -0.05) is 23.2 Å². The van der Waals surface area contributed by atoms with E-state index in [9.17, 15) is 22.8 Å². The molecule has 0 spiro atoms. The smallest absolute Gasteiger partial charge is 0.416 e. The highest BCUT2D eigenvalue weighted by molar-refractivity contribution is 6.38. The van der Waals surface area contributed by atoms with Crippen molar-refractivity contribution in [2.24, 2.45) is 0 Å². The molecule has 0 fully saturated rings. The number of fused-ring (bicyclic) bond motifs is 1. The van der Waals surface area contributed by atoms with E-state index in [1.54, 1.807) is 0 Å². The average molecular weight is 409 g/mol. The first-order valence-electron chi connectivity index (χ1n) is 6.93. The lowest BCUT2D eigenvalue weighted by Crippen LogP contribution is -2.43. The first kappa shape index (κ1) is 18.3. The highest BCUT2D eigenvalue weighted by Gasteiger charge is 2.35. The van der Waals surface area contributed by atoms with E-state index in [4.69, 9.17) is 23.2 Å². The zero-order chi connectivity index (χ0) is 19.2. The van der Waals surface area contributed by atoms with E-state index < -0.39 is 23.7 Å². The summed E-state index contributed by atoms with van der Waals surface area (Å²) in [7, 11) is 1.12. The molecule has 0 radical (unpaired) electrons. The summed E-state index contributed by atoms with van der Waals surface area (Å²) in [4.78, 5) is 24.7. The minimum absolute atomic E-state index is 0.0556. The van der Waals surface area contributed by atoms with Gasteiger partial charge in [0.15, 0.2) is 5.82 Å². The number of anilines is 2. The molecule has 0 aliphatic carbocycles. The normalized spacial score (nSPS) is 14.1. The van der Waals surface area contributed by atoms with Crippen molar-refractivity contribution in [1.82, 2.24) is 9.78 Å². The van der Waals surface area contributed by atoms with Gasteiger partial charge in [-0.15, -0.1) is 0 Å². The Bertz CT molecular complexity index is 890. The molecular formula is C14H9Cl2F3N4O3. The van der Waals surface area contributed by atoms with Crippen LogP contribution in [-0.4, -0.2) is 35.4 Å². The lowest BCUT2D eigenvalue weighted by atomic mass is 10.2. The summed E-state index contributed by atoms with van der Waals surface area (Å²) in [5.74, 6) is -0.438. The fourth-order valence-corrected chi connectivity index (χ4v) is 3.10. The van der Waals surface area contributed by atoms with Crippen molar-refractivity contribution in [3.8, 4) is 5.69 Å². The topological polar surface area (TPSA) is 76.5 Å². The Labute approximate surface area is 154 Å². The Balaban J connectivity index is 2.19. The van der Waals surface area contributed by atoms with Gasteiger partial charge in [-0.2, -0.15) is 18.3 Å². The van der Waals surface area contributed by atoms with E-state index >= 15 is 0 Å². The predicted molar refractivity (Wildman–Crippen MR) is 87.0 cm³/mol. The van der Waals surface area contributed by atoms with Crippen LogP contribution in [0.1, 0.15) is 5.56 Å². The summed E-state index contributed by atoms with van der Waals surface area (Å²) in [6.07, 6.45) is -4.28. The monoisotopic (exact) mass is 408 g/mol. The van der Waals surface area contributed by atoms with Crippen LogP contribution in [0.5, 0.6) is 0 Å². The number of aromatic nitrogens is 2. The number of nitrogens with one attached hydrogen (secondary N) is 1. The number of ether oxygens (including phenoxy) is 1. The number of methoxy groups -OCH3 is 1. The van der Waals surface area contributed by atoms with Gasteiger partial charge in [0, 0.05) is 0 Å². The number of carbonyl (C=O) groups excluding carboxylic acids is 2. The van der Waals surface area contributed by atoms with Gasteiger partial charge >= 0.3 is 12.3 Å². The average Bonchev–Trinajstić information content (AvgIpc) is 2.95. The number of hydrogen-bond donors (Lipinski definition) is 1. The molecule has 138 valence electrons. The van der Waals surface area contributed by atoms with Crippen molar-refractivity contribution in [3.63, 3.8) is 0 Å². The molecule has 0 saturated carbocycles. The van der Waals surface area contributed by atoms with Gasteiger partial charge in [-0.25, -0.2) is 9.48 Å². The summed E-state index contributed by atoms with van der Waals surface area (Å²) < 4.78 is 44.4. The van der Waals surface area contributed by atoms with Crippen LogP contribution < -0.4 is 10.2 Å². The second kappa shape index (κ2) is 6.36. The van der Waals surface area contributed by atoms with Crippen LogP contribution in [-0.2, 0) is 15.7 Å². The molecule has 12 heteroatoms. The molecule has 1 aromatic heterocycles. The Kier molecular flexibility index (Phi) is 4.49. The van der Waals surface area contributed by atoms with Crippen LogP contribution in [0.4, 0.5) is 29.5 Å². The zero-order valence-corrected chi connectivity index (χ0v) is 14.4. The molecule has 1 aliphatic rings. The lowest BCUT2D eigenvalue weighted by Gasteiger charge is -2.27. The molecule has 26 heavy (non-hydrogen) atoms. The second-order valence-corrected chi connectivity index (χ2v) is 6.00. The number of carbonyl (C=O) groups is 2. The van der Waals surface area contributed by atoms with E-state index in [-0.39, 0.29) is 33.8 Å². The summed E-state index contributed by atoms with van der Waals surface area (Å²) in [5, 5.41) is 5.81. The van der Waals surface area contributed by atoms with Crippen molar-refractivity contribution in [1.29, 1.82) is 0 Å². The van der Waals surface area contributed by atoms with Crippen LogP contribution in [0.25, 0.3) is 5.69 Å². The van der Waals surface area contributed by atoms with Crippen LogP contribution in [0.15, 0.2) is 18.3 Å².